The van der Waals surface area contributed by atoms with Gasteiger partial charge in [0.2, 0.25) is 0 Å². The minimum atomic E-state index is -0.474. The smallest absolute Gasteiger partial charge is 0.262 e. The van der Waals surface area contributed by atoms with E-state index in [1.165, 1.54) is 11.0 Å². The van der Waals surface area contributed by atoms with Gasteiger partial charge in [0.15, 0.2) is 18.1 Å². The lowest BCUT2D eigenvalue weighted by molar-refractivity contribution is -0.130. The van der Waals surface area contributed by atoms with Gasteiger partial charge in [-0.1, -0.05) is 11.6 Å². The van der Waals surface area contributed by atoms with Crippen LogP contribution in [0.5, 0.6) is 11.5 Å². The molecule has 1 rings (SSSR count). The van der Waals surface area contributed by atoms with Gasteiger partial charge in [-0.15, -0.1) is 0 Å². The van der Waals surface area contributed by atoms with E-state index in [9.17, 15) is 14.9 Å². The summed E-state index contributed by atoms with van der Waals surface area (Å²) >= 11 is 6.28. The number of hydrogen-bond donors (Lipinski definition) is 1. The summed E-state index contributed by atoms with van der Waals surface area (Å²) < 4.78 is 11.1. The highest BCUT2D eigenvalue weighted by molar-refractivity contribution is 6.32. The molecule has 2 amide bonds. The molecule has 0 saturated heterocycles. The van der Waals surface area contributed by atoms with E-state index < -0.39 is 5.91 Å². The van der Waals surface area contributed by atoms with Gasteiger partial charge in [0.1, 0.15) is 11.6 Å². The fourth-order valence-corrected chi connectivity index (χ4v) is 2.27. The van der Waals surface area contributed by atoms with Crippen molar-refractivity contribution in [2.75, 3.05) is 27.3 Å². The average Bonchev–Trinajstić information content (AvgIpc) is 2.58. The molecule has 0 radical (unpaired) electrons. The molecule has 0 atom stereocenters. The molecule has 8 heteroatoms. The molecule has 1 N–H and O–H groups in total. The van der Waals surface area contributed by atoms with Crippen LogP contribution in [-0.4, -0.2) is 50.1 Å². The van der Waals surface area contributed by atoms with Crippen molar-refractivity contribution in [2.24, 2.45) is 0 Å². The van der Waals surface area contributed by atoms with Crippen LogP contribution in [0, 0.1) is 11.3 Å². The van der Waals surface area contributed by atoms with Crippen molar-refractivity contribution in [3.63, 3.8) is 0 Å². The monoisotopic (exact) mass is 393 g/mol. The van der Waals surface area contributed by atoms with Crippen molar-refractivity contribution in [3.8, 4) is 17.6 Å². The Morgan fingerprint density at radius 1 is 1.33 bits per heavy atom. The topological polar surface area (TPSA) is 91.7 Å². The van der Waals surface area contributed by atoms with Crippen LogP contribution >= 0.6 is 11.6 Å². The number of carbonyl (C=O) groups excluding carboxylic acids is 2. The van der Waals surface area contributed by atoms with Crippen LogP contribution in [0.1, 0.15) is 26.3 Å². The zero-order valence-electron chi connectivity index (χ0n) is 16.1. The summed E-state index contributed by atoms with van der Waals surface area (Å²) in [5.41, 5.74) is 0.448. The molecule has 7 nitrogen and oxygen atoms in total. The van der Waals surface area contributed by atoms with E-state index in [2.05, 4.69) is 5.32 Å². The average molecular weight is 394 g/mol. The SMILES string of the molecule is CCOc1cc(/C=C(\C#N)C(=O)NC(C)C)cc(Cl)c1OCC(=O)N(C)C. The lowest BCUT2D eigenvalue weighted by Crippen LogP contribution is -2.30. The van der Waals surface area contributed by atoms with Gasteiger partial charge in [0.25, 0.3) is 11.8 Å². The first-order valence-electron chi connectivity index (χ1n) is 8.41. The maximum Gasteiger partial charge on any atom is 0.262 e. The number of benzene rings is 1. The van der Waals surface area contributed by atoms with Crippen molar-refractivity contribution < 1.29 is 19.1 Å². The Labute approximate surface area is 164 Å². The number of hydrogen-bond acceptors (Lipinski definition) is 5. The number of amides is 2. The standard InChI is InChI=1S/C19H24ClN3O4/c1-6-26-16-9-13(7-14(10-21)19(25)22-12(2)3)8-15(20)18(16)27-11-17(24)23(4)5/h7-9,12H,6,11H2,1-5H3,(H,22,25)/b14-7+. The molecule has 0 spiro atoms. The van der Waals surface area contributed by atoms with E-state index in [0.717, 1.165) is 0 Å². The highest BCUT2D eigenvalue weighted by atomic mass is 35.5. The fourth-order valence-electron chi connectivity index (χ4n) is 1.99. The van der Waals surface area contributed by atoms with Crippen LogP contribution < -0.4 is 14.8 Å². The Morgan fingerprint density at radius 3 is 2.52 bits per heavy atom. The minimum absolute atomic E-state index is 0.0568. The number of nitrogens with one attached hydrogen (secondary N) is 1. The molecular formula is C19H24ClN3O4. The van der Waals surface area contributed by atoms with Crippen molar-refractivity contribution in [3.05, 3.63) is 28.3 Å². The van der Waals surface area contributed by atoms with Gasteiger partial charge in [-0.2, -0.15) is 5.26 Å². The molecule has 0 aromatic heterocycles. The molecule has 1 aromatic carbocycles. The number of likely N-dealkylation sites (N-methyl/N-ethyl adjacent to an activating group) is 1. The van der Waals surface area contributed by atoms with Crippen LogP contribution in [0.3, 0.4) is 0 Å². The summed E-state index contributed by atoms with van der Waals surface area (Å²) in [5.74, 6) is -0.145. The van der Waals surface area contributed by atoms with Crippen LogP contribution in [-0.2, 0) is 9.59 Å². The predicted octanol–water partition coefficient (Wildman–Crippen LogP) is 2.64. The van der Waals surface area contributed by atoms with Crippen molar-refractivity contribution >= 4 is 29.5 Å². The first-order valence-corrected chi connectivity index (χ1v) is 8.79. The Kier molecular flexibility index (Phi) is 8.63. The van der Waals surface area contributed by atoms with E-state index in [1.54, 1.807) is 47.0 Å². The fraction of sp³-hybridized carbons (Fsp3) is 0.421. The molecular weight excluding hydrogens is 370 g/mol. The third-order valence-corrected chi connectivity index (χ3v) is 3.55. The van der Waals surface area contributed by atoms with Crippen LogP contribution in [0.25, 0.3) is 6.08 Å². The van der Waals surface area contributed by atoms with Crippen LogP contribution in [0.2, 0.25) is 5.02 Å². The second-order valence-electron chi connectivity index (χ2n) is 6.14. The molecule has 27 heavy (non-hydrogen) atoms. The van der Waals surface area contributed by atoms with Crippen molar-refractivity contribution in [1.82, 2.24) is 10.2 Å². The highest BCUT2D eigenvalue weighted by Crippen LogP contribution is 2.37. The summed E-state index contributed by atoms with van der Waals surface area (Å²) in [6.45, 7) is 5.56. The maximum atomic E-state index is 12.1. The van der Waals surface area contributed by atoms with Gasteiger partial charge >= 0.3 is 0 Å². The number of rotatable bonds is 8. The number of nitriles is 1. The van der Waals surface area contributed by atoms with E-state index in [-0.39, 0.29) is 34.9 Å². The zero-order chi connectivity index (χ0) is 20.6. The molecule has 0 fully saturated rings. The quantitative estimate of drug-likeness (QED) is 0.541. The van der Waals surface area contributed by atoms with Crippen LogP contribution in [0.4, 0.5) is 0 Å². The van der Waals surface area contributed by atoms with Gasteiger partial charge in [-0.3, -0.25) is 9.59 Å². The third kappa shape index (κ3) is 6.83. The molecule has 146 valence electrons. The van der Waals surface area contributed by atoms with Crippen molar-refractivity contribution in [1.29, 1.82) is 5.26 Å². The van der Waals surface area contributed by atoms with E-state index in [4.69, 9.17) is 21.1 Å². The highest BCUT2D eigenvalue weighted by Gasteiger charge is 2.16. The van der Waals surface area contributed by atoms with Gasteiger partial charge < -0.3 is 19.7 Å². The normalized spacial score (nSPS) is 11.0. The molecule has 1 aromatic rings. The molecule has 0 aliphatic carbocycles. The molecule has 0 heterocycles. The summed E-state index contributed by atoms with van der Waals surface area (Å²) in [6, 6.07) is 4.93. The predicted molar refractivity (Wildman–Crippen MR) is 104 cm³/mol. The first-order chi connectivity index (χ1) is 12.7. The van der Waals surface area contributed by atoms with Crippen molar-refractivity contribution in [2.45, 2.75) is 26.8 Å². The molecule has 0 aliphatic rings. The van der Waals surface area contributed by atoms with Gasteiger partial charge in [0, 0.05) is 20.1 Å². The molecule has 0 unspecified atom stereocenters. The summed E-state index contributed by atoms with van der Waals surface area (Å²) in [4.78, 5) is 25.2. The zero-order valence-corrected chi connectivity index (χ0v) is 16.9. The second-order valence-corrected chi connectivity index (χ2v) is 6.55. The number of ether oxygens (including phenoxy) is 2. The first kappa shape index (κ1) is 22.3. The van der Waals surface area contributed by atoms with Gasteiger partial charge in [0.05, 0.1) is 11.6 Å². The maximum absolute atomic E-state index is 12.1. The third-order valence-electron chi connectivity index (χ3n) is 3.27. The molecule has 0 aliphatic heterocycles. The van der Waals surface area contributed by atoms with Crippen LogP contribution in [0.15, 0.2) is 17.7 Å². The van der Waals surface area contributed by atoms with E-state index >= 15 is 0 Å². The summed E-state index contributed by atoms with van der Waals surface area (Å²) in [6.07, 6.45) is 1.42. The lowest BCUT2D eigenvalue weighted by Gasteiger charge is -2.16. The molecule has 0 saturated carbocycles. The molecule has 0 bridgehead atoms. The minimum Gasteiger partial charge on any atom is -0.490 e. The lowest BCUT2D eigenvalue weighted by atomic mass is 10.1. The van der Waals surface area contributed by atoms with Gasteiger partial charge in [-0.25, -0.2) is 0 Å². The second kappa shape index (κ2) is 10.4. The van der Waals surface area contributed by atoms with E-state index in [1.807, 2.05) is 6.07 Å². The Balaban J connectivity index is 3.21. The van der Waals surface area contributed by atoms with Gasteiger partial charge in [-0.05, 0) is 44.5 Å². The Bertz CT molecular complexity index is 767. The number of halogens is 1. The Hall–Kier alpha value is -2.72. The summed E-state index contributed by atoms with van der Waals surface area (Å²) in [7, 11) is 3.24. The number of carbonyl (C=O) groups is 2. The Morgan fingerprint density at radius 2 is 2.00 bits per heavy atom. The van der Waals surface area contributed by atoms with E-state index in [0.29, 0.717) is 17.9 Å². The largest absolute Gasteiger partial charge is 0.490 e. The number of nitrogens with zero attached hydrogens (tertiary/aromatic N) is 2. The summed E-state index contributed by atoms with van der Waals surface area (Å²) in [5, 5.41) is 12.1.